The molecule has 0 N–H and O–H groups in total. The van der Waals surface area contributed by atoms with Gasteiger partial charge in [0.25, 0.3) is 5.91 Å². The molecular weight excluding hydrogens is 449 g/mol. The molecule has 11 heteroatoms. The zero-order valence-corrected chi connectivity index (χ0v) is 18.2. The summed E-state index contributed by atoms with van der Waals surface area (Å²) in [5.74, 6) is -0.426. The van der Waals surface area contributed by atoms with Crippen LogP contribution in [0.15, 0.2) is 42.9 Å². The molecule has 0 spiro atoms. The second kappa shape index (κ2) is 8.62. The van der Waals surface area contributed by atoms with E-state index in [1.54, 1.807) is 42.4 Å². The summed E-state index contributed by atoms with van der Waals surface area (Å²) in [4.78, 5) is 35.1. The fourth-order valence-electron chi connectivity index (χ4n) is 4.32. The van der Waals surface area contributed by atoms with Crippen LogP contribution in [-0.2, 0) is 6.18 Å². The van der Waals surface area contributed by atoms with Crippen LogP contribution in [0.5, 0.6) is 5.88 Å². The first-order valence-corrected chi connectivity index (χ1v) is 10.9. The van der Waals surface area contributed by atoms with Crippen LogP contribution in [0.4, 0.5) is 13.2 Å². The number of carbonyl (C=O) groups excluding carboxylic acids is 1. The van der Waals surface area contributed by atoms with Gasteiger partial charge in [0.2, 0.25) is 11.7 Å². The number of alkyl halides is 3. The molecule has 0 radical (unpaired) electrons. The van der Waals surface area contributed by atoms with Gasteiger partial charge in [-0.05, 0) is 49.8 Å². The quantitative estimate of drug-likeness (QED) is 0.563. The van der Waals surface area contributed by atoms with Crippen molar-refractivity contribution in [3.05, 3.63) is 60.1 Å². The lowest BCUT2D eigenvalue weighted by molar-refractivity contribution is -0.145. The first-order chi connectivity index (χ1) is 16.3. The van der Waals surface area contributed by atoms with Gasteiger partial charge in [0, 0.05) is 36.9 Å². The van der Waals surface area contributed by atoms with E-state index >= 15 is 0 Å². The van der Waals surface area contributed by atoms with Crippen molar-refractivity contribution in [3.8, 4) is 17.3 Å². The second-order valence-electron chi connectivity index (χ2n) is 8.55. The van der Waals surface area contributed by atoms with Gasteiger partial charge in [-0.25, -0.2) is 19.9 Å². The monoisotopic (exact) mass is 470 g/mol. The van der Waals surface area contributed by atoms with Crippen LogP contribution in [0.1, 0.15) is 34.8 Å². The van der Waals surface area contributed by atoms with E-state index in [9.17, 15) is 18.0 Å². The normalized spacial score (nSPS) is 21.6. The maximum Gasteiger partial charge on any atom is 0.451 e. The van der Waals surface area contributed by atoms with E-state index in [-0.39, 0.29) is 30.1 Å². The Morgan fingerprint density at radius 3 is 2.62 bits per heavy atom. The van der Waals surface area contributed by atoms with Gasteiger partial charge in [-0.3, -0.25) is 4.79 Å². The number of hydrogen-bond acceptors (Lipinski definition) is 7. The minimum Gasteiger partial charge on any atom is -0.475 e. The number of rotatable bonds is 5. The van der Waals surface area contributed by atoms with Crippen molar-refractivity contribution >= 4 is 5.91 Å². The summed E-state index contributed by atoms with van der Waals surface area (Å²) in [6, 6.07) is 6.21. The molecular formula is C23H21F3N6O2. The van der Waals surface area contributed by atoms with Crippen molar-refractivity contribution in [1.82, 2.24) is 29.8 Å². The highest BCUT2D eigenvalue weighted by atomic mass is 19.4. The number of fused-ring (bicyclic) bond motifs is 1. The number of hydrogen-bond donors (Lipinski definition) is 0. The zero-order valence-electron chi connectivity index (χ0n) is 18.2. The Hall–Kier alpha value is -3.63. The van der Waals surface area contributed by atoms with Gasteiger partial charge in [-0.15, -0.1) is 0 Å². The van der Waals surface area contributed by atoms with Crippen molar-refractivity contribution in [3.63, 3.8) is 0 Å². The van der Waals surface area contributed by atoms with E-state index in [0.29, 0.717) is 41.9 Å². The molecule has 0 aromatic carbocycles. The lowest BCUT2D eigenvalue weighted by atomic mass is 10.0. The average molecular weight is 470 g/mol. The van der Waals surface area contributed by atoms with Crippen LogP contribution in [0, 0.1) is 18.8 Å². The predicted molar refractivity (Wildman–Crippen MR) is 114 cm³/mol. The van der Waals surface area contributed by atoms with Gasteiger partial charge in [0.15, 0.2) is 5.82 Å². The minimum absolute atomic E-state index is 0.0201. The number of pyridine rings is 1. The minimum atomic E-state index is -4.67. The number of piperidine rings is 1. The van der Waals surface area contributed by atoms with Gasteiger partial charge >= 0.3 is 6.18 Å². The molecule has 0 unspecified atom stereocenters. The smallest absolute Gasteiger partial charge is 0.451 e. The summed E-state index contributed by atoms with van der Waals surface area (Å²) in [6.45, 7) is 2.36. The molecule has 1 amide bonds. The van der Waals surface area contributed by atoms with Crippen LogP contribution in [0.3, 0.4) is 0 Å². The molecule has 8 nitrogen and oxygen atoms in total. The molecule has 2 aliphatic rings. The molecule has 0 bridgehead atoms. The van der Waals surface area contributed by atoms with Crippen LogP contribution in [0.25, 0.3) is 11.4 Å². The van der Waals surface area contributed by atoms with E-state index in [1.165, 1.54) is 6.07 Å². The standard InChI is InChI=1S/C23H21F3N6O2/c1-13-3-4-17(20-27-6-2-7-28-20)19(30-13)21(33)32-11-15-9-14(15)10-16(32)12-34-18-5-8-29-22(31-18)23(24,25)26/h2-8,14-16H,9-12H2,1H3/t14-,15+,16+/m1/s1. The molecule has 3 aromatic heterocycles. The highest BCUT2D eigenvalue weighted by Crippen LogP contribution is 2.47. The fourth-order valence-corrected chi connectivity index (χ4v) is 4.32. The van der Waals surface area contributed by atoms with E-state index in [4.69, 9.17) is 4.74 Å². The van der Waals surface area contributed by atoms with Gasteiger partial charge in [0.1, 0.15) is 12.3 Å². The number of likely N-dealkylation sites (tertiary alicyclic amines) is 1. The largest absolute Gasteiger partial charge is 0.475 e. The van der Waals surface area contributed by atoms with Crippen molar-refractivity contribution in [2.45, 2.75) is 32.0 Å². The van der Waals surface area contributed by atoms with Crippen LogP contribution in [0.2, 0.25) is 0 Å². The molecule has 176 valence electrons. The van der Waals surface area contributed by atoms with Crippen LogP contribution >= 0.6 is 0 Å². The average Bonchev–Trinajstić information content (AvgIpc) is 3.60. The van der Waals surface area contributed by atoms with Crippen molar-refractivity contribution < 1.29 is 22.7 Å². The molecule has 34 heavy (non-hydrogen) atoms. The Morgan fingerprint density at radius 2 is 1.85 bits per heavy atom. The Balaban J connectivity index is 1.40. The highest BCUT2D eigenvalue weighted by Gasteiger charge is 2.48. The second-order valence-corrected chi connectivity index (χ2v) is 8.55. The van der Waals surface area contributed by atoms with E-state index in [0.717, 1.165) is 12.6 Å². The number of aryl methyl sites for hydroxylation is 1. The lowest BCUT2D eigenvalue weighted by Crippen LogP contribution is -2.48. The third-order valence-corrected chi connectivity index (χ3v) is 6.13. The number of ether oxygens (including phenoxy) is 1. The van der Waals surface area contributed by atoms with Crippen molar-refractivity contribution in [2.24, 2.45) is 11.8 Å². The molecule has 5 rings (SSSR count). The Kier molecular flexibility index (Phi) is 5.62. The molecule has 4 heterocycles. The van der Waals surface area contributed by atoms with E-state index < -0.39 is 12.0 Å². The number of halogens is 3. The molecule has 3 atom stereocenters. The maximum atomic E-state index is 13.7. The number of aromatic nitrogens is 5. The Morgan fingerprint density at radius 1 is 1.06 bits per heavy atom. The fraction of sp³-hybridized carbons (Fsp3) is 0.391. The van der Waals surface area contributed by atoms with Crippen molar-refractivity contribution in [1.29, 1.82) is 0 Å². The first kappa shape index (κ1) is 22.2. The predicted octanol–water partition coefficient (Wildman–Crippen LogP) is 3.59. The third kappa shape index (κ3) is 4.55. The molecule has 1 aliphatic heterocycles. The van der Waals surface area contributed by atoms with E-state index in [1.807, 2.05) is 0 Å². The zero-order chi connectivity index (χ0) is 23.9. The highest BCUT2D eigenvalue weighted by molar-refractivity contribution is 5.98. The first-order valence-electron chi connectivity index (χ1n) is 10.9. The van der Waals surface area contributed by atoms with Gasteiger partial charge in [0.05, 0.1) is 11.6 Å². The van der Waals surface area contributed by atoms with Gasteiger partial charge in [-0.1, -0.05) is 0 Å². The number of nitrogens with zero attached hydrogens (tertiary/aromatic N) is 6. The summed E-state index contributed by atoms with van der Waals surface area (Å²) < 4.78 is 44.4. The summed E-state index contributed by atoms with van der Waals surface area (Å²) in [5.41, 5.74) is 1.45. The SMILES string of the molecule is Cc1ccc(-c2ncccn2)c(C(=O)N2C[C@@H]3C[C@@H]3C[C@H]2COc2ccnc(C(F)(F)F)n2)n1. The molecule has 1 aliphatic carbocycles. The summed E-state index contributed by atoms with van der Waals surface area (Å²) in [6.07, 6.45) is 1.26. The van der Waals surface area contributed by atoms with E-state index in [2.05, 4.69) is 24.9 Å². The summed E-state index contributed by atoms with van der Waals surface area (Å²) >= 11 is 0. The lowest BCUT2D eigenvalue weighted by Gasteiger charge is -2.35. The molecule has 2 fully saturated rings. The van der Waals surface area contributed by atoms with Gasteiger partial charge in [-0.2, -0.15) is 18.2 Å². The number of amides is 1. The third-order valence-electron chi connectivity index (χ3n) is 6.13. The molecule has 1 saturated carbocycles. The maximum absolute atomic E-state index is 13.7. The Bertz CT molecular complexity index is 1210. The van der Waals surface area contributed by atoms with Crippen molar-refractivity contribution in [2.75, 3.05) is 13.2 Å². The van der Waals surface area contributed by atoms with Crippen LogP contribution < -0.4 is 4.74 Å². The number of carbonyl (C=O) groups is 1. The van der Waals surface area contributed by atoms with Crippen LogP contribution in [-0.4, -0.2) is 54.9 Å². The summed E-state index contributed by atoms with van der Waals surface area (Å²) in [7, 11) is 0. The van der Waals surface area contributed by atoms with Gasteiger partial charge < -0.3 is 9.64 Å². The topological polar surface area (TPSA) is 94.0 Å². The molecule has 1 saturated heterocycles. The Labute approximate surface area is 193 Å². The molecule has 3 aromatic rings. The summed E-state index contributed by atoms with van der Waals surface area (Å²) in [5, 5.41) is 0.